The van der Waals surface area contributed by atoms with Crippen molar-refractivity contribution in [3.05, 3.63) is 53.7 Å². The van der Waals surface area contributed by atoms with Crippen molar-refractivity contribution in [1.82, 2.24) is 4.98 Å². The Morgan fingerprint density at radius 2 is 2.18 bits per heavy atom. The molecule has 88 valence electrons. The lowest BCUT2D eigenvalue weighted by Crippen LogP contribution is -2.09. The number of hydrazine groups is 1. The summed E-state index contributed by atoms with van der Waals surface area (Å²) in [6, 6.07) is 11.7. The molecule has 0 amide bonds. The smallest absolute Gasteiger partial charge is 0.140 e. The third-order valence-corrected chi connectivity index (χ3v) is 2.37. The van der Waals surface area contributed by atoms with Gasteiger partial charge in [0.2, 0.25) is 0 Å². The van der Waals surface area contributed by atoms with Gasteiger partial charge in [-0.3, -0.25) is 0 Å². The minimum Gasteiger partial charge on any atom is -0.489 e. The maximum atomic E-state index is 5.68. The van der Waals surface area contributed by atoms with Crippen LogP contribution in [0.3, 0.4) is 0 Å². The number of ether oxygens (including phenoxy) is 1. The topological polar surface area (TPSA) is 60.2 Å². The van der Waals surface area contributed by atoms with Gasteiger partial charge in [0, 0.05) is 6.20 Å². The molecule has 0 saturated heterocycles. The molecule has 0 fully saturated rings. The van der Waals surface area contributed by atoms with Crippen LogP contribution in [-0.4, -0.2) is 4.98 Å². The van der Waals surface area contributed by atoms with Gasteiger partial charge in [0.05, 0.1) is 0 Å². The number of rotatable bonds is 4. The lowest BCUT2D eigenvalue weighted by molar-refractivity contribution is 0.306. The Morgan fingerprint density at radius 3 is 2.94 bits per heavy atom. The SMILES string of the molecule is Cc1cccc(OCc2ccnc(NN)c2)c1. The number of nitrogens with one attached hydrogen (secondary N) is 1. The Morgan fingerprint density at radius 1 is 1.29 bits per heavy atom. The van der Waals surface area contributed by atoms with Crippen LogP contribution in [0.15, 0.2) is 42.6 Å². The normalized spacial score (nSPS) is 10.0. The molecule has 2 aromatic rings. The molecule has 0 spiro atoms. The van der Waals surface area contributed by atoms with Crippen molar-refractivity contribution in [2.24, 2.45) is 5.84 Å². The first-order valence-electron chi connectivity index (χ1n) is 5.39. The molecule has 1 aromatic heterocycles. The van der Waals surface area contributed by atoms with E-state index in [1.54, 1.807) is 6.20 Å². The molecule has 0 aliphatic carbocycles. The van der Waals surface area contributed by atoms with E-state index in [4.69, 9.17) is 10.6 Å². The molecule has 1 aromatic carbocycles. The van der Waals surface area contributed by atoms with Crippen molar-refractivity contribution >= 4 is 5.82 Å². The predicted molar refractivity (Wildman–Crippen MR) is 67.6 cm³/mol. The molecule has 0 aliphatic heterocycles. The Hall–Kier alpha value is -2.07. The van der Waals surface area contributed by atoms with E-state index < -0.39 is 0 Å². The van der Waals surface area contributed by atoms with Crippen molar-refractivity contribution in [3.8, 4) is 5.75 Å². The second kappa shape index (κ2) is 5.32. The van der Waals surface area contributed by atoms with E-state index in [-0.39, 0.29) is 0 Å². The molecule has 4 heteroatoms. The Kier molecular flexibility index (Phi) is 3.57. The quantitative estimate of drug-likeness (QED) is 0.623. The number of nitrogens with two attached hydrogens (primary N) is 1. The first-order chi connectivity index (χ1) is 8.28. The maximum absolute atomic E-state index is 5.68. The third-order valence-electron chi connectivity index (χ3n) is 2.37. The summed E-state index contributed by atoms with van der Waals surface area (Å²) in [5.41, 5.74) is 4.71. The van der Waals surface area contributed by atoms with Crippen LogP contribution in [0, 0.1) is 6.92 Å². The summed E-state index contributed by atoms with van der Waals surface area (Å²) in [7, 11) is 0. The predicted octanol–water partition coefficient (Wildman–Crippen LogP) is 2.25. The molecule has 0 bridgehead atoms. The number of nitrogens with zero attached hydrogens (tertiary/aromatic N) is 1. The molecule has 0 saturated carbocycles. The van der Waals surface area contributed by atoms with E-state index in [0.29, 0.717) is 12.4 Å². The molecule has 2 rings (SSSR count). The number of aryl methyl sites for hydroxylation is 1. The number of nitrogen functional groups attached to an aromatic ring is 1. The summed E-state index contributed by atoms with van der Waals surface area (Å²) >= 11 is 0. The monoisotopic (exact) mass is 229 g/mol. The van der Waals surface area contributed by atoms with Crippen molar-refractivity contribution < 1.29 is 4.74 Å². The van der Waals surface area contributed by atoms with Gasteiger partial charge in [-0.2, -0.15) is 0 Å². The van der Waals surface area contributed by atoms with Gasteiger partial charge in [-0.15, -0.1) is 0 Å². The van der Waals surface area contributed by atoms with Gasteiger partial charge in [-0.1, -0.05) is 12.1 Å². The fourth-order valence-corrected chi connectivity index (χ4v) is 1.51. The summed E-state index contributed by atoms with van der Waals surface area (Å²) in [6.45, 7) is 2.54. The van der Waals surface area contributed by atoms with Gasteiger partial charge in [-0.25, -0.2) is 10.8 Å². The number of hydrogen-bond acceptors (Lipinski definition) is 4. The van der Waals surface area contributed by atoms with Gasteiger partial charge in [0.1, 0.15) is 18.2 Å². The van der Waals surface area contributed by atoms with Gasteiger partial charge in [-0.05, 0) is 42.3 Å². The summed E-state index contributed by atoms with van der Waals surface area (Å²) in [5.74, 6) is 6.79. The van der Waals surface area contributed by atoms with Crippen molar-refractivity contribution in [2.45, 2.75) is 13.5 Å². The Balaban J connectivity index is 2.02. The molecule has 1 heterocycles. The molecular weight excluding hydrogens is 214 g/mol. The molecule has 0 aliphatic rings. The van der Waals surface area contributed by atoms with E-state index in [9.17, 15) is 0 Å². The zero-order valence-corrected chi connectivity index (χ0v) is 9.68. The summed E-state index contributed by atoms with van der Waals surface area (Å²) in [5, 5.41) is 0. The zero-order valence-electron chi connectivity index (χ0n) is 9.68. The van der Waals surface area contributed by atoms with Crippen LogP contribution in [0.5, 0.6) is 5.75 Å². The van der Waals surface area contributed by atoms with Gasteiger partial charge >= 0.3 is 0 Å². The molecule has 0 radical (unpaired) electrons. The van der Waals surface area contributed by atoms with Crippen LogP contribution in [0.1, 0.15) is 11.1 Å². The summed E-state index contributed by atoms with van der Waals surface area (Å²) in [4.78, 5) is 4.04. The van der Waals surface area contributed by atoms with Crippen LogP contribution in [0.2, 0.25) is 0 Å². The highest BCUT2D eigenvalue weighted by Gasteiger charge is 1.98. The first kappa shape index (κ1) is 11.4. The Labute approximate surface area is 100 Å². The second-order valence-corrected chi connectivity index (χ2v) is 3.80. The van der Waals surface area contributed by atoms with Crippen molar-refractivity contribution in [1.29, 1.82) is 0 Å². The minimum absolute atomic E-state index is 0.501. The van der Waals surface area contributed by atoms with Gasteiger partial charge < -0.3 is 10.2 Å². The minimum atomic E-state index is 0.501. The Bertz CT molecular complexity index is 500. The molecule has 0 atom stereocenters. The van der Waals surface area contributed by atoms with Crippen LogP contribution in [0.25, 0.3) is 0 Å². The number of anilines is 1. The molecule has 0 unspecified atom stereocenters. The van der Waals surface area contributed by atoms with Crippen molar-refractivity contribution in [3.63, 3.8) is 0 Å². The highest BCUT2D eigenvalue weighted by Crippen LogP contribution is 2.15. The highest BCUT2D eigenvalue weighted by molar-refractivity contribution is 5.36. The largest absolute Gasteiger partial charge is 0.489 e. The number of pyridine rings is 1. The van der Waals surface area contributed by atoms with Gasteiger partial charge in [0.15, 0.2) is 0 Å². The van der Waals surface area contributed by atoms with E-state index >= 15 is 0 Å². The molecule has 4 nitrogen and oxygen atoms in total. The van der Waals surface area contributed by atoms with Crippen LogP contribution in [0.4, 0.5) is 5.82 Å². The fraction of sp³-hybridized carbons (Fsp3) is 0.154. The van der Waals surface area contributed by atoms with Crippen LogP contribution in [-0.2, 0) is 6.61 Å². The first-order valence-corrected chi connectivity index (χ1v) is 5.39. The maximum Gasteiger partial charge on any atom is 0.140 e. The van der Waals surface area contributed by atoms with Crippen LogP contribution >= 0.6 is 0 Å². The highest BCUT2D eigenvalue weighted by atomic mass is 16.5. The van der Waals surface area contributed by atoms with Gasteiger partial charge in [0.25, 0.3) is 0 Å². The van der Waals surface area contributed by atoms with E-state index in [1.807, 2.05) is 43.3 Å². The lowest BCUT2D eigenvalue weighted by atomic mass is 10.2. The zero-order chi connectivity index (χ0) is 12.1. The van der Waals surface area contributed by atoms with Crippen molar-refractivity contribution in [2.75, 3.05) is 5.43 Å². The summed E-state index contributed by atoms with van der Waals surface area (Å²) in [6.07, 6.45) is 1.70. The number of benzene rings is 1. The molecule has 17 heavy (non-hydrogen) atoms. The van der Waals surface area contributed by atoms with Crippen LogP contribution < -0.4 is 16.0 Å². The average Bonchev–Trinajstić information content (AvgIpc) is 2.37. The second-order valence-electron chi connectivity index (χ2n) is 3.80. The number of aromatic nitrogens is 1. The number of hydrogen-bond donors (Lipinski definition) is 2. The lowest BCUT2D eigenvalue weighted by Gasteiger charge is -2.07. The van der Waals surface area contributed by atoms with E-state index in [1.165, 1.54) is 5.56 Å². The summed E-state index contributed by atoms with van der Waals surface area (Å²) < 4.78 is 5.68. The van der Waals surface area contributed by atoms with E-state index in [0.717, 1.165) is 11.3 Å². The average molecular weight is 229 g/mol. The van der Waals surface area contributed by atoms with E-state index in [2.05, 4.69) is 10.4 Å². The molecular formula is C13H15N3O. The third kappa shape index (κ3) is 3.19. The fourth-order valence-electron chi connectivity index (χ4n) is 1.51. The standard InChI is InChI=1S/C13H15N3O/c1-10-3-2-4-12(7-10)17-9-11-5-6-15-13(8-11)16-14/h2-8H,9,14H2,1H3,(H,15,16). The molecule has 3 N–H and O–H groups in total.